The molecule has 1 aromatic carbocycles. The average molecular weight is 413 g/mol. The quantitative estimate of drug-likeness (QED) is 0.792. The van der Waals surface area contributed by atoms with Crippen LogP contribution in [0.1, 0.15) is 24.1 Å². The first-order valence-corrected chi connectivity index (χ1v) is 8.39. The van der Waals surface area contributed by atoms with E-state index in [-0.39, 0.29) is 0 Å². The van der Waals surface area contributed by atoms with Gasteiger partial charge >= 0.3 is 6.01 Å². The van der Waals surface area contributed by atoms with Crippen LogP contribution in [0.25, 0.3) is 0 Å². The number of hydrogen-bond acceptors (Lipinski definition) is 4. The molecule has 1 aliphatic carbocycles. The Bertz CT molecular complexity index is 659. The molecule has 2 aromatic rings. The molecule has 0 atom stereocenters. The zero-order valence-electron chi connectivity index (χ0n) is 11.6. The summed E-state index contributed by atoms with van der Waals surface area (Å²) in [5.41, 5.74) is 2.06. The van der Waals surface area contributed by atoms with Gasteiger partial charge in [-0.1, -0.05) is 15.9 Å². The Morgan fingerprint density at radius 1 is 1.33 bits per heavy atom. The summed E-state index contributed by atoms with van der Waals surface area (Å²) in [6, 6.07) is 6.76. The highest BCUT2D eigenvalue weighted by atomic mass is 79.9. The van der Waals surface area contributed by atoms with Crippen LogP contribution in [0.15, 0.2) is 33.3 Å². The first-order valence-electron chi connectivity index (χ1n) is 6.80. The number of rotatable bonds is 5. The minimum atomic E-state index is 0.366. The van der Waals surface area contributed by atoms with Crippen LogP contribution >= 0.6 is 31.9 Å². The predicted molar refractivity (Wildman–Crippen MR) is 88.5 cm³/mol. The molecular formula is C15H15Br2N3O. The van der Waals surface area contributed by atoms with Crippen LogP contribution in [0.3, 0.4) is 0 Å². The van der Waals surface area contributed by atoms with Gasteiger partial charge in [0.2, 0.25) is 0 Å². The molecule has 0 amide bonds. The Balaban J connectivity index is 1.71. The van der Waals surface area contributed by atoms with Gasteiger partial charge in [0.05, 0.1) is 4.47 Å². The molecule has 110 valence electrons. The van der Waals surface area contributed by atoms with Gasteiger partial charge in [-0.15, -0.1) is 0 Å². The van der Waals surface area contributed by atoms with Crippen LogP contribution in [-0.2, 0) is 6.54 Å². The molecule has 0 radical (unpaired) electrons. The van der Waals surface area contributed by atoms with Gasteiger partial charge < -0.3 is 10.1 Å². The molecule has 0 saturated heterocycles. The zero-order chi connectivity index (χ0) is 14.8. The van der Waals surface area contributed by atoms with Crippen molar-refractivity contribution in [2.75, 3.05) is 0 Å². The highest BCUT2D eigenvalue weighted by molar-refractivity contribution is 9.11. The summed E-state index contributed by atoms with van der Waals surface area (Å²) in [7, 11) is 0. The van der Waals surface area contributed by atoms with Gasteiger partial charge in [-0.3, -0.25) is 0 Å². The molecule has 0 bridgehead atoms. The van der Waals surface area contributed by atoms with Crippen LogP contribution in [0, 0.1) is 6.92 Å². The van der Waals surface area contributed by atoms with Gasteiger partial charge in [-0.05, 0) is 53.9 Å². The lowest BCUT2D eigenvalue weighted by molar-refractivity contribution is 0.436. The first kappa shape index (κ1) is 14.9. The fourth-order valence-corrected chi connectivity index (χ4v) is 3.02. The monoisotopic (exact) mass is 411 g/mol. The van der Waals surface area contributed by atoms with Crippen LogP contribution in [0.5, 0.6) is 11.8 Å². The standard InChI is InChI=1S/C15H15Br2N3O/c1-9-10(7-18-12-3-4-12)8-19-15(20-9)21-14-5-2-11(16)6-13(14)17/h2,5-6,8,12,18H,3-4,7H2,1H3. The van der Waals surface area contributed by atoms with E-state index in [1.807, 2.05) is 31.3 Å². The maximum Gasteiger partial charge on any atom is 0.322 e. The number of aromatic nitrogens is 2. The van der Waals surface area contributed by atoms with Crippen molar-refractivity contribution in [1.82, 2.24) is 15.3 Å². The summed E-state index contributed by atoms with van der Waals surface area (Å²) < 4.78 is 7.57. The average Bonchev–Trinajstić information content (AvgIpc) is 3.25. The third kappa shape index (κ3) is 4.02. The summed E-state index contributed by atoms with van der Waals surface area (Å²) in [4.78, 5) is 8.72. The molecule has 1 heterocycles. The third-order valence-corrected chi connectivity index (χ3v) is 4.43. The van der Waals surface area contributed by atoms with Gasteiger partial charge in [-0.25, -0.2) is 4.98 Å². The Morgan fingerprint density at radius 3 is 2.81 bits per heavy atom. The highest BCUT2D eigenvalue weighted by Crippen LogP contribution is 2.30. The molecule has 1 N–H and O–H groups in total. The van der Waals surface area contributed by atoms with E-state index in [1.54, 1.807) is 0 Å². The molecule has 1 aromatic heterocycles. The summed E-state index contributed by atoms with van der Waals surface area (Å²) >= 11 is 6.88. The summed E-state index contributed by atoms with van der Waals surface area (Å²) in [5, 5.41) is 3.46. The minimum absolute atomic E-state index is 0.366. The highest BCUT2D eigenvalue weighted by Gasteiger charge is 2.20. The number of nitrogens with zero attached hydrogens (tertiary/aromatic N) is 2. The second kappa shape index (κ2) is 6.42. The molecule has 6 heteroatoms. The molecule has 1 saturated carbocycles. The van der Waals surface area contributed by atoms with Crippen molar-refractivity contribution < 1.29 is 4.74 Å². The first-order chi connectivity index (χ1) is 10.1. The van der Waals surface area contributed by atoms with E-state index in [0.29, 0.717) is 17.8 Å². The van der Waals surface area contributed by atoms with Crippen molar-refractivity contribution in [2.45, 2.75) is 32.4 Å². The number of ether oxygens (including phenoxy) is 1. The number of benzene rings is 1. The van der Waals surface area contributed by atoms with Crippen molar-refractivity contribution in [3.63, 3.8) is 0 Å². The number of aryl methyl sites for hydroxylation is 1. The summed E-state index contributed by atoms with van der Waals surface area (Å²) in [6.07, 6.45) is 4.39. The molecule has 0 aliphatic heterocycles. The lowest BCUT2D eigenvalue weighted by Gasteiger charge is -2.09. The van der Waals surface area contributed by atoms with Crippen LogP contribution < -0.4 is 10.1 Å². The maximum absolute atomic E-state index is 5.73. The van der Waals surface area contributed by atoms with Crippen molar-refractivity contribution >= 4 is 31.9 Å². The largest absolute Gasteiger partial charge is 0.423 e. The van der Waals surface area contributed by atoms with Crippen LogP contribution in [0.2, 0.25) is 0 Å². The van der Waals surface area contributed by atoms with E-state index in [0.717, 1.165) is 26.7 Å². The normalized spacial score (nSPS) is 14.2. The smallest absolute Gasteiger partial charge is 0.322 e. The second-order valence-corrected chi connectivity index (χ2v) is 6.87. The molecule has 21 heavy (non-hydrogen) atoms. The minimum Gasteiger partial charge on any atom is -0.423 e. The molecular weight excluding hydrogens is 398 g/mol. The van der Waals surface area contributed by atoms with Crippen LogP contribution in [-0.4, -0.2) is 16.0 Å². The third-order valence-electron chi connectivity index (χ3n) is 3.31. The number of hydrogen-bond donors (Lipinski definition) is 1. The lowest BCUT2D eigenvalue weighted by atomic mass is 10.2. The fourth-order valence-electron chi connectivity index (χ4n) is 1.89. The Labute approximate surface area is 140 Å². The van der Waals surface area contributed by atoms with Crippen molar-refractivity contribution in [3.8, 4) is 11.8 Å². The van der Waals surface area contributed by atoms with Crippen molar-refractivity contribution in [3.05, 3.63) is 44.6 Å². The van der Waals surface area contributed by atoms with E-state index in [4.69, 9.17) is 4.74 Å². The maximum atomic E-state index is 5.73. The number of halogens is 2. The van der Waals surface area contributed by atoms with E-state index >= 15 is 0 Å². The second-order valence-electron chi connectivity index (χ2n) is 5.10. The van der Waals surface area contributed by atoms with E-state index in [2.05, 4.69) is 47.1 Å². The van der Waals surface area contributed by atoms with Gasteiger partial charge in [0.25, 0.3) is 0 Å². The van der Waals surface area contributed by atoms with E-state index < -0.39 is 0 Å². The molecule has 1 aliphatic rings. The lowest BCUT2D eigenvalue weighted by Crippen LogP contribution is -2.16. The summed E-state index contributed by atoms with van der Waals surface area (Å²) in [5.74, 6) is 0.696. The fraction of sp³-hybridized carbons (Fsp3) is 0.333. The van der Waals surface area contributed by atoms with Gasteiger partial charge in [0.1, 0.15) is 5.75 Å². The molecule has 3 rings (SSSR count). The van der Waals surface area contributed by atoms with Gasteiger partial charge in [-0.2, -0.15) is 4.98 Å². The molecule has 0 unspecified atom stereocenters. The molecule has 4 nitrogen and oxygen atoms in total. The topological polar surface area (TPSA) is 47.0 Å². The van der Waals surface area contributed by atoms with Crippen molar-refractivity contribution in [1.29, 1.82) is 0 Å². The van der Waals surface area contributed by atoms with E-state index in [9.17, 15) is 0 Å². The number of nitrogens with one attached hydrogen (secondary N) is 1. The Morgan fingerprint density at radius 2 is 2.14 bits per heavy atom. The predicted octanol–water partition coefficient (Wildman–Crippen LogP) is 4.35. The Hall–Kier alpha value is -0.980. The Kier molecular flexibility index (Phi) is 4.57. The summed E-state index contributed by atoms with van der Waals surface area (Å²) in [6.45, 7) is 2.80. The zero-order valence-corrected chi connectivity index (χ0v) is 14.7. The van der Waals surface area contributed by atoms with E-state index in [1.165, 1.54) is 12.8 Å². The van der Waals surface area contributed by atoms with Gasteiger partial charge in [0, 0.05) is 34.5 Å². The molecule has 0 spiro atoms. The molecule has 1 fully saturated rings. The van der Waals surface area contributed by atoms with Crippen molar-refractivity contribution in [2.24, 2.45) is 0 Å². The van der Waals surface area contributed by atoms with Gasteiger partial charge in [0.15, 0.2) is 0 Å². The SMILES string of the molecule is Cc1nc(Oc2ccc(Br)cc2Br)ncc1CNC1CC1. The van der Waals surface area contributed by atoms with Crippen LogP contribution in [0.4, 0.5) is 0 Å².